The predicted octanol–water partition coefficient (Wildman–Crippen LogP) is 2.08. The quantitative estimate of drug-likeness (QED) is 0.514. The van der Waals surface area contributed by atoms with Crippen LogP contribution in [0.5, 0.6) is 5.75 Å². The largest absolute Gasteiger partial charge is 0.490 e. The molecule has 1 fully saturated rings. The Morgan fingerprint density at radius 3 is 2.50 bits per heavy atom. The number of ether oxygens (including phenoxy) is 3. The second-order valence-corrected chi connectivity index (χ2v) is 7.87. The van der Waals surface area contributed by atoms with E-state index in [0.29, 0.717) is 5.75 Å². The van der Waals surface area contributed by atoms with Gasteiger partial charge in [-0.15, -0.1) is 0 Å². The standard InChI is InChI=1S/C19H20FNO6S/c20-17-7-6-15(14-18(17)28(23,24)21-8-10-25-11-9-21)19(22)27-13-12-26-16-4-2-1-3-5-16/h1-7,14H,8-13H2. The number of morpholine rings is 1. The third kappa shape index (κ3) is 4.86. The van der Waals surface area contributed by atoms with Crippen LogP contribution in [0, 0.1) is 5.82 Å². The molecule has 0 radical (unpaired) electrons. The van der Waals surface area contributed by atoms with Crippen LogP contribution in [0.2, 0.25) is 0 Å². The molecular weight excluding hydrogens is 389 g/mol. The van der Waals surface area contributed by atoms with E-state index in [9.17, 15) is 17.6 Å². The van der Waals surface area contributed by atoms with Crippen molar-refractivity contribution in [1.82, 2.24) is 4.31 Å². The summed E-state index contributed by atoms with van der Waals surface area (Å²) in [6, 6.07) is 12.2. The second kappa shape index (κ2) is 9.13. The number of hydrogen-bond acceptors (Lipinski definition) is 6. The van der Waals surface area contributed by atoms with E-state index in [2.05, 4.69) is 0 Å². The van der Waals surface area contributed by atoms with E-state index in [1.54, 1.807) is 12.1 Å². The lowest BCUT2D eigenvalue weighted by Gasteiger charge is -2.26. The molecule has 0 amide bonds. The van der Waals surface area contributed by atoms with Crippen LogP contribution in [0.3, 0.4) is 0 Å². The summed E-state index contributed by atoms with van der Waals surface area (Å²) in [5.74, 6) is -1.04. The molecule has 1 aliphatic rings. The molecule has 0 aliphatic carbocycles. The van der Waals surface area contributed by atoms with Crippen LogP contribution < -0.4 is 4.74 Å². The molecular formula is C19H20FNO6S. The SMILES string of the molecule is O=C(OCCOc1ccccc1)c1ccc(F)c(S(=O)(=O)N2CCOCC2)c1. The summed E-state index contributed by atoms with van der Waals surface area (Å²) in [4.78, 5) is 11.6. The van der Waals surface area contributed by atoms with Gasteiger partial charge in [0.1, 0.15) is 29.7 Å². The van der Waals surface area contributed by atoms with Crippen molar-refractivity contribution in [2.45, 2.75) is 4.90 Å². The Hall–Kier alpha value is -2.49. The molecule has 0 saturated carbocycles. The monoisotopic (exact) mass is 409 g/mol. The van der Waals surface area contributed by atoms with Gasteiger partial charge in [-0.05, 0) is 30.3 Å². The number of nitrogens with zero attached hydrogens (tertiary/aromatic N) is 1. The predicted molar refractivity (Wildman–Crippen MR) is 98.2 cm³/mol. The molecule has 3 rings (SSSR count). The average Bonchev–Trinajstić information content (AvgIpc) is 2.72. The highest BCUT2D eigenvalue weighted by atomic mass is 32.2. The van der Waals surface area contributed by atoms with Crippen LogP contribution in [0.4, 0.5) is 4.39 Å². The zero-order chi connectivity index (χ0) is 20.0. The molecule has 0 aromatic heterocycles. The highest BCUT2D eigenvalue weighted by Crippen LogP contribution is 2.22. The van der Waals surface area contributed by atoms with Gasteiger partial charge in [0, 0.05) is 13.1 Å². The molecule has 0 atom stereocenters. The van der Waals surface area contributed by atoms with E-state index in [-0.39, 0.29) is 45.1 Å². The lowest BCUT2D eigenvalue weighted by molar-refractivity contribution is 0.0450. The lowest BCUT2D eigenvalue weighted by Crippen LogP contribution is -2.41. The van der Waals surface area contributed by atoms with Gasteiger partial charge in [-0.3, -0.25) is 0 Å². The van der Waals surface area contributed by atoms with E-state index in [1.807, 2.05) is 18.2 Å². The third-order valence-electron chi connectivity index (χ3n) is 4.08. The number of rotatable bonds is 7. The zero-order valence-electron chi connectivity index (χ0n) is 15.0. The molecule has 1 aliphatic heterocycles. The first kappa shape index (κ1) is 20.2. The number of sulfonamides is 1. The van der Waals surface area contributed by atoms with Gasteiger partial charge in [-0.1, -0.05) is 18.2 Å². The molecule has 9 heteroatoms. The molecule has 1 heterocycles. The van der Waals surface area contributed by atoms with Crippen LogP contribution in [0.1, 0.15) is 10.4 Å². The maximum Gasteiger partial charge on any atom is 0.338 e. The topological polar surface area (TPSA) is 82.1 Å². The number of carbonyl (C=O) groups excluding carboxylic acids is 1. The first-order chi connectivity index (χ1) is 13.5. The van der Waals surface area contributed by atoms with Crippen molar-refractivity contribution in [1.29, 1.82) is 0 Å². The van der Waals surface area contributed by atoms with Crippen LogP contribution in [0.25, 0.3) is 0 Å². The van der Waals surface area contributed by atoms with Crippen molar-refractivity contribution < 1.29 is 31.8 Å². The Balaban J connectivity index is 1.64. The number of benzene rings is 2. The maximum absolute atomic E-state index is 14.2. The molecule has 2 aromatic rings. The number of para-hydroxylation sites is 1. The van der Waals surface area contributed by atoms with Gasteiger partial charge in [0.15, 0.2) is 0 Å². The van der Waals surface area contributed by atoms with Crippen molar-refractivity contribution in [3.63, 3.8) is 0 Å². The molecule has 150 valence electrons. The fourth-order valence-electron chi connectivity index (χ4n) is 2.65. The van der Waals surface area contributed by atoms with Crippen molar-refractivity contribution in [2.24, 2.45) is 0 Å². The van der Waals surface area contributed by atoms with Crippen molar-refractivity contribution in [2.75, 3.05) is 39.5 Å². The minimum Gasteiger partial charge on any atom is -0.490 e. The summed E-state index contributed by atoms with van der Waals surface area (Å²) in [7, 11) is -4.06. The Kier molecular flexibility index (Phi) is 6.61. The normalized spacial score (nSPS) is 15.2. The van der Waals surface area contributed by atoms with Gasteiger partial charge in [-0.25, -0.2) is 17.6 Å². The lowest BCUT2D eigenvalue weighted by atomic mass is 10.2. The molecule has 28 heavy (non-hydrogen) atoms. The summed E-state index contributed by atoms with van der Waals surface area (Å²) in [5, 5.41) is 0. The van der Waals surface area contributed by atoms with E-state index in [1.165, 1.54) is 6.07 Å². The Bertz CT molecular complexity index is 913. The molecule has 7 nitrogen and oxygen atoms in total. The van der Waals surface area contributed by atoms with Gasteiger partial charge >= 0.3 is 5.97 Å². The molecule has 0 bridgehead atoms. The van der Waals surface area contributed by atoms with Gasteiger partial charge in [0.05, 0.1) is 18.8 Å². The van der Waals surface area contributed by atoms with E-state index in [4.69, 9.17) is 14.2 Å². The Labute approximate surface area is 162 Å². The summed E-state index contributed by atoms with van der Waals surface area (Å²) < 4.78 is 56.3. The fourth-order valence-corrected chi connectivity index (χ4v) is 4.15. The Morgan fingerprint density at radius 1 is 1.07 bits per heavy atom. The minimum absolute atomic E-state index is 0.0311. The zero-order valence-corrected chi connectivity index (χ0v) is 15.9. The number of carbonyl (C=O) groups is 1. The van der Waals surface area contributed by atoms with Crippen molar-refractivity contribution >= 4 is 16.0 Å². The van der Waals surface area contributed by atoms with E-state index in [0.717, 1.165) is 16.4 Å². The second-order valence-electron chi connectivity index (χ2n) is 5.96. The molecule has 0 N–H and O–H groups in total. The van der Waals surface area contributed by atoms with Crippen LogP contribution in [0.15, 0.2) is 53.4 Å². The maximum atomic E-state index is 14.2. The van der Waals surface area contributed by atoms with Crippen LogP contribution >= 0.6 is 0 Å². The first-order valence-corrected chi connectivity index (χ1v) is 10.1. The smallest absolute Gasteiger partial charge is 0.338 e. The van der Waals surface area contributed by atoms with Gasteiger partial charge in [0.2, 0.25) is 10.0 Å². The minimum atomic E-state index is -4.06. The van der Waals surface area contributed by atoms with Crippen LogP contribution in [-0.4, -0.2) is 58.2 Å². The van der Waals surface area contributed by atoms with Crippen molar-refractivity contribution in [3.8, 4) is 5.75 Å². The third-order valence-corrected chi connectivity index (χ3v) is 6.00. The van der Waals surface area contributed by atoms with Gasteiger partial charge < -0.3 is 14.2 Å². The summed E-state index contributed by atoms with van der Waals surface area (Å²) in [6.07, 6.45) is 0. The summed E-state index contributed by atoms with van der Waals surface area (Å²) in [5.41, 5.74) is -0.0482. The molecule has 0 unspecified atom stereocenters. The van der Waals surface area contributed by atoms with Crippen LogP contribution in [-0.2, 0) is 19.5 Å². The average molecular weight is 409 g/mol. The number of esters is 1. The molecule has 2 aromatic carbocycles. The van der Waals surface area contributed by atoms with E-state index < -0.39 is 26.7 Å². The highest BCUT2D eigenvalue weighted by Gasteiger charge is 2.30. The molecule has 1 saturated heterocycles. The summed E-state index contributed by atoms with van der Waals surface area (Å²) >= 11 is 0. The van der Waals surface area contributed by atoms with E-state index >= 15 is 0 Å². The van der Waals surface area contributed by atoms with Gasteiger partial charge in [0.25, 0.3) is 0 Å². The fraction of sp³-hybridized carbons (Fsp3) is 0.316. The number of halogens is 1. The molecule has 0 spiro atoms. The first-order valence-electron chi connectivity index (χ1n) is 8.71. The highest BCUT2D eigenvalue weighted by molar-refractivity contribution is 7.89. The van der Waals surface area contributed by atoms with Crippen molar-refractivity contribution in [3.05, 3.63) is 59.9 Å². The summed E-state index contributed by atoms with van der Waals surface area (Å²) in [6.45, 7) is 0.848. The van der Waals surface area contributed by atoms with Gasteiger partial charge in [-0.2, -0.15) is 4.31 Å². The number of hydrogen-bond donors (Lipinski definition) is 0. The Morgan fingerprint density at radius 2 is 1.79 bits per heavy atom.